The van der Waals surface area contributed by atoms with Crippen molar-refractivity contribution < 1.29 is 32.3 Å². The van der Waals surface area contributed by atoms with E-state index >= 15 is 0 Å². The molecule has 11 heteroatoms. The van der Waals surface area contributed by atoms with Gasteiger partial charge in [-0.1, -0.05) is 23.7 Å². The van der Waals surface area contributed by atoms with E-state index in [1.807, 2.05) is 13.0 Å². The van der Waals surface area contributed by atoms with E-state index in [4.69, 9.17) is 16.3 Å². The molecule has 0 atom stereocenters. The second-order valence-electron chi connectivity index (χ2n) is 7.70. The molecule has 0 spiro atoms. The van der Waals surface area contributed by atoms with E-state index in [1.54, 1.807) is 19.1 Å². The van der Waals surface area contributed by atoms with Crippen LogP contribution in [0.2, 0.25) is 5.02 Å². The summed E-state index contributed by atoms with van der Waals surface area (Å²) in [6.07, 6.45) is 0. The average molecular weight is 531 g/mol. The summed E-state index contributed by atoms with van der Waals surface area (Å²) in [5.74, 6) is -2.18. The van der Waals surface area contributed by atoms with E-state index < -0.39 is 27.9 Å². The van der Waals surface area contributed by atoms with Crippen LogP contribution < -0.4 is 10.0 Å². The largest absolute Gasteiger partial charge is 0.465 e. The number of aryl methyl sites for hydroxylation is 1. The van der Waals surface area contributed by atoms with Gasteiger partial charge in [0.1, 0.15) is 4.90 Å². The number of rotatable bonds is 7. The van der Waals surface area contributed by atoms with Crippen molar-refractivity contribution in [2.24, 2.45) is 0 Å². The Kier molecular flexibility index (Phi) is 8.01. The molecule has 0 radical (unpaired) electrons. The van der Waals surface area contributed by atoms with Crippen LogP contribution in [-0.4, -0.2) is 40.5 Å². The number of hydrogen-bond acceptors (Lipinski definition) is 7. The number of amides is 1. The molecule has 0 aromatic heterocycles. The first-order chi connectivity index (χ1) is 17.0. The van der Waals surface area contributed by atoms with E-state index in [-0.39, 0.29) is 32.3 Å². The van der Waals surface area contributed by atoms with Crippen molar-refractivity contribution in [2.45, 2.75) is 18.7 Å². The summed E-state index contributed by atoms with van der Waals surface area (Å²) in [7, 11) is -1.80. The van der Waals surface area contributed by atoms with Gasteiger partial charge in [0.15, 0.2) is 0 Å². The van der Waals surface area contributed by atoms with Crippen LogP contribution >= 0.6 is 11.6 Å². The molecule has 3 rings (SSSR count). The molecule has 0 fully saturated rings. The molecule has 2 N–H and O–H groups in total. The van der Waals surface area contributed by atoms with E-state index in [9.17, 15) is 22.8 Å². The number of methoxy groups -OCH3 is 2. The average Bonchev–Trinajstić information content (AvgIpc) is 2.85. The Morgan fingerprint density at radius 3 is 2.17 bits per heavy atom. The molecule has 3 aromatic carbocycles. The maximum absolute atomic E-state index is 13.1. The van der Waals surface area contributed by atoms with Crippen LogP contribution in [0.5, 0.6) is 0 Å². The molecule has 0 aliphatic rings. The normalized spacial score (nSPS) is 10.9. The summed E-state index contributed by atoms with van der Waals surface area (Å²) in [5, 5.41) is 2.43. The lowest BCUT2D eigenvalue weighted by molar-refractivity contribution is 0.0587. The minimum absolute atomic E-state index is 0.0168. The summed E-state index contributed by atoms with van der Waals surface area (Å²) in [6.45, 7) is 3.63. The standard InChI is InChI=1S/C25H23ClN2O7S/c1-14-6-5-7-20(15(14)2)28-36(32,33)22-13-16(9-11-19(22)26)23(29)27-21-12-17(24(30)34-3)8-10-18(21)25(31)35-4/h5-13,28H,1-4H3,(H,27,29). The van der Waals surface area contributed by atoms with Crippen molar-refractivity contribution in [1.29, 1.82) is 0 Å². The maximum Gasteiger partial charge on any atom is 0.339 e. The predicted molar refractivity (Wildman–Crippen MR) is 135 cm³/mol. The van der Waals surface area contributed by atoms with Crippen molar-refractivity contribution in [3.8, 4) is 0 Å². The smallest absolute Gasteiger partial charge is 0.339 e. The quantitative estimate of drug-likeness (QED) is 0.428. The molecule has 0 aliphatic carbocycles. The van der Waals surface area contributed by atoms with Gasteiger partial charge in [0.25, 0.3) is 15.9 Å². The number of carbonyl (C=O) groups is 3. The molecule has 0 saturated heterocycles. The van der Waals surface area contributed by atoms with Crippen LogP contribution in [0, 0.1) is 13.8 Å². The van der Waals surface area contributed by atoms with Gasteiger partial charge in [-0.05, 0) is 67.4 Å². The third-order valence-corrected chi connectivity index (χ3v) is 7.27. The summed E-state index contributed by atoms with van der Waals surface area (Å²) in [4.78, 5) is 36.8. The highest BCUT2D eigenvalue weighted by molar-refractivity contribution is 7.92. The van der Waals surface area contributed by atoms with E-state index in [2.05, 4.69) is 14.8 Å². The Morgan fingerprint density at radius 1 is 0.833 bits per heavy atom. The van der Waals surface area contributed by atoms with Gasteiger partial charge < -0.3 is 14.8 Å². The molecule has 1 amide bonds. The Morgan fingerprint density at radius 2 is 1.50 bits per heavy atom. The lowest BCUT2D eigenvalue weighted by atomic mass is 10.1. The van der Waals surface area contributed by atoms with Gasteiger partial charge in [-0.15, -0.1) is 0 Å². The Labute approximate surface area is 213 Å². The number of benzene rings is 3. The summed E-state index contributed by atoms with van der Waals surface area (Å²) < 4.78 is 38.1. The zero-order valence-corrected chi connectivity index (χ0v) is 21.4. The second kappa shape index (κ2) is 10.8. The Hall–Kier alpha value is -3.89. The van der Waals surface area contributed by atoms with Crippen LogP contribution in [0.4, 0.5) is 11.4 Å². The third-order valence-electron chi connectivity index (χ3n) is 5.43. The van der Waals surface area contributed by atoms with Gasteiger partial charge in [0, 0.05) is 5.56 Å². The van der Waals surface area contributed by atoms with Crippen molar-refractivity contribution in [3.05, 3.63) is 87.4 Å². The van der Waals surface area contributed by atoms with E-state index in [0.717, 1.165) is 17.2 Å². The first-order valence-corrected chi connectivity index (χ1v) is 12.3. The van der Waals surface area contributed by atoms with E-state index in [1.165, 1.54) is 44.6 Å². The van der Waals surface area contributed by atoms with Crippen molar-refractivity contribution >= 4 is 50.8 Å². The Bertz CT molecular complexity index is 1470. The number of carbonyl (C=O) groups excluding carboxylic acids is 3. The molecule has 0 heterocycles. The number of nitrogens with one attached hydrogen (secondary N) is 2. The van der Waals surface area contributed by atoms with Crippen molar-refractivity contribution in [1.82, 2.24) is 0 Å². The summed E-state index contributed by atoms with van der Waals surface area (Å²) >= 11 is 6.18. The van der Waals surface area contributed by atoms with Crippen LogP contribution in [0.25, 0.3) is 0 Å². The molecular weight excluding hydrogens is 508 g/mol. The number of esters is 2. The van der Waals surface area contributed by atoms with Crippen molar-refractivity contribution in [2.75, 3.05) is 24.3 Å². The molecule has 36 heavy (non-hydrogen) atoms. The van der Waals surface area contributed by atoms with Gasteiger partial charge >= 0.3 is 11.9 Å². The molecule has 0 aliphatic heterocycles. The Balaban J connectivity index is 1.98. The van der Waals surface area contributed by atoms with Gasteiger partial charge in [0.2, 0.25) is 0 Å². The van der Waals surface area contributed by atoms with Gasteiger partial charge in [0.05, 0.1) is 41.7 Å². The molecular formula is C25H23ClN2O7S. The summed E-state index contributed by atoms with van der Waals surface area (Å²) in [6, 6.07) is 12.8. The first-order valence-electron chi connectivity index (χ1n) is 10.5. The number of anilines is 2. The monoisotopic (exact) mass is 530 g/mol. The van der Waals surface area contributed by atoms with E-state index in [0.29, 0.717) is 5.69 Å². The van der Waals surface area contributed by atoms with Gasteiger partial charge in [-0.2, -0.15) is 0 Å². The van der Waals surface area contributed by atoms with Gasteiger partial charge in [-0.3, -0.25) is 9.52 Å². The zero-order valence-electron chi connectivity index (χ0n) is 19.8. The number of sulfonamides is 1. The van der Waals surface area contributed by atoms with Gasteiger partial charge in [-0.25, -0.2) is 18.0 Å². The second-order valence-corrected chi connectivity index (χ2v) is 9.75. The lowest BCUT2D eigenvalue weighted by Crippen LogP contribution is -2.18. The molecule has 0 saturated carbocycles. The van der Waals surface area contributed by atoms with Crippen LogP contribution in [0.15, 0.2) is 59.5 Å². The fraction of sp³-hybridized carbons (Fsp3) is 0.160. The topological polar surface area (TPSA) is 128 Å². The molecule has 0 unspecified atom stereocenters. The highest BCUT2D eigenvalue weighted by Crippen LogP contribution is 2.28. The van der Waals surface area contributed by atoms with Crippen molar-refractivity contribution in [3.63, 3.8) is 0 Å². The minimum atomic E-state index is -4.16. The zero-order chi connectivity index (χ0) is 26.6. The fourth-order valence-electron chi connectivity index (χ4n) is 3.29. The highest BCUT2D eigenvalue weighted by Gasteiger charge is 2.23. The predicted octanol–water partition coefficient (Wildman–Crippen LogP) is 4.58. The number of hydrogen-bond donors (Lipinski definition) is 2. The molecule has 9 nitrogen and oxygen atoms in total. The highest BCUT2D eigenvalue weighted by atomic mass is 35.5. The molecule has 0 bridgehead atoms. The minimum Gasteiger partial charge on any atom is -0.465 e. The summed E-state index contributed by atoms with van der Waals surface area (Å²) in [5.41, 5.74) is 2.00. The van der Waals surface area contributed by atoms with Crippen LogP contribution in [0.1, 0.15) is 42.2 Å². The SMILES string of the molecule is COC(=O)c1ccc(C(=O)OC)c(NC(=O)c2ccc(Cl)c(S(=O)(=O)Nc3cccc(C)c3C)c2)c1. The third kappa shape index (κ3) is 5.67. The number of halogens is 1. The molecule has 3 aromatic rings. The number of ether oxygens (including phenoxy) is 2. The molecule has 188 valence electrons. The lowest BCUT2D eigenvalue weighted by Gasteiger charge is -2.14. The maximum atomic E-state index is 13.1. The van der Waals surface area contributed by atoms with Crippen LogP contribution in [0.3, 0.4) is 0 Å². The fourth-order valence-corrected chi connectivity index (χ4v) is 4.94. The first kappa shape index (κ1) is 26.7. The van der Waals surface area contributed by atoms with Crippen LogP contribution in [-0.2, 0) is 19.5 Å².